The summed E-state index contributed by atoms with van der Waals surface area (Å²) in [6.45, 7) is 10.0. The molecule has 214 valence electrons. The maximum atomic E-state index is 12.7. The van der Waals surface area contributed by atoms with Crippen molar-refractivity contribution >= 4 is 10.0 Å². The molecule has 5 nitrogen and oxygen atoms in total. The van der Waals surface area contributed by atoms with Crippen LogP contribution in [-0.2, 0) is 15.8 Å². The number of sulfonamides is 1. The Morgan fingerprint density at radius 2 is 1.66 bits per heavy atom. The summed E-state index contributed by atoms with van der Waals surface area (Å²) < 4.78 is 28.2. The van der Waals surface area contributed by atoms with Gasteiger partial charge in [0.15, 0.2) is 0 Å². The molecule has 0 spiro atoms. The topological polar surface area (TPSA) is 86.6 Å². The molecule has 38 heavy (non-hydrogen) atoms. The second-order valence-corrected chi connectivity index (χ2v) is 15.8. The van der Waals surface area contributed by atoms with Gasteiger partial charge in [0.05, 0.1) is 18.0 Å². The smallest absolute Gasteiger partial charge is 0.215 e. The monoisotopic (exact) mass is 545 g/mol. The highest BCUT2D eigenvalue weighted by atomic mass is 32.2. The lowest BCUT2D eigenvalue weighted by Crippen LogP contribution is -2.62. The molecule has 0 unspecified atom stereocenters. The second kappa shape index (κ2) is 10.8. The Bertz CT molecular complexity index is 1060. The first-order valence-corrected chi connectivity index (χ1v) is 17.0. The van der Waals surface area contributed by atoms with E-state index in [1.165, 1.54) is 25.7 Å². The van der Waals surface area contributed by atoms with Gasteiger partial charge in [0.2, 0.25) is 10.0 Å². The first-order valence-electron chi connectivity index (χ1n) is 15.4. The lowest BCUT2D eigenvalue weighted by molar-refractivity contribution is -0.203. The molecule has 4 aliphatic carbocycles. The van der Waals surface area contributed by atoms with Crippen molar-refractivity contribution < 1.29 is 18.6 Å². The zero-order valence-corrected chi connectivity index (χ0v) is 24.8. The van der Waals surface area contributed by atoms with Gasteiger partial charge in [-0.05, 0) is 109 Å². The molecule has 5 rings (SSSR count). The predicted molar refractivity (Wildman–Crippen MR) is 153 cm³/mol. The molecule has 0 saturated heterocycles. The van der Waals surface area contributed by atoms with Gasteiger partial charge >= 0.3 is 0 Å². The minimum Gasteiger partial charge on any atom is -0.393 e. The van der Waals surface area contributed by atoms with Crippen LogP contribution in [0.15, 0.2) is 30.3 Å². The lowest BCUT2D eigenvalue weighted by atomic mass is 9.41. The summed E-state index contributed by atoms with van der Waals surface area (Å²) in [5, 5.41) is 22.4. The number of rotatable bonds is 8. The van der Waals surface area contributed by atoms with Gasteiger partial charge < -0.3 is 10.2 Å². The van der Waals surface area contributed by atoms with Crippen LogP contribution in [0.4, 0.5) is 0 Å². The van der Waals surface area contributed by atoms with Crippen LogP contribution in [0.3, 0.4) is 0 Å². The van der Waals surface area contributed by atoms with Gasteiger partial charge in [-0.15, -0.1) is 0 Å². The Hall–Kier alpha value is -0.950. The summed E-state index contributed by atoms with van der Waals surface area (Å²) in [4.78, 5) is 0. The molecular formula is C32H51NO4S. The summed E-state index contributed by atoms with van der Waals surface area (Å²) >= 11 is 0. The normalized spacial score (nSPS) is 43.6. The van der Waals surface area contributed by atoms with Crippen molar-refractivity contribution in [3.05, 3.63) is 35.9 Å². The van der Waals surface area contributed by atoms with E-state index in [1.807, 2.05) is 30.3 Å². The summed E-state index contributed by atoms with van der Waals surface area (Å²) in [6.07, 6.45) is 8.99. The van der Waals surface area contributed by atoms with Crippen LogP contribution in [-0.4, -0.2) is 37.4 Å². The Labute approximate surface area is 231 Å². The van der Waals surface area contributed by atoms with E-state index in [0.29, 0.717) is 42.1 Å². The van der Waals surface area contributed by atoms with E-state index in [-0.39, 0.29) is 34.7 Å². The SMILES string of the molecule is CC[C@H]1[C@@H](O)[C@@H]2[C@H](CC[C@]3(C)[C@@H]([C@H](C)CCNS(=O)(=O)Cc4ccccc4)CC[C@@H]23)[C@@]2(C)CC[C@@H](O)C[C@@H]12. The fourth-order valence-electron chi connectivity index (χ4n) is 10.4. The molecular weight excluding hydrogens is 494 g/mol. The number of benzene rings is 1. The van der Waals surface area contributed by atoms with E-state index in [0.717, 1.165) is 37.7 Å². The minimum atomic E-state index is -3.35. The maximum Gasteiger partial charge on any atom is 0.215 e. The first kappa shape index (κ1) is 28.6. The van der Waals surface area contributed by atoms with E-state index in [2.05, 4.69) is 32.4 Å². The highest BCUT2D eigenvalue weighted by Crippen LogP contribution is 2.69. The quantitative estimate of drug-likeness (QED) is 0.388. The van der Waals surface area contributed by atoms with Crippen LogP contribution >= 0.6 is 0 Å². The van der Waals surface area contributed by atoms with Crippen LogP contribution < -0.4 is 4.72 Å². The molecule has 0 heterocycles. The highest BCUT2D eigenvalue weighted by molar-refractivity contribution is 7.88. The van der Waals surface area contributed by atoms with Gasteiger partial charge in [-0.1, -0.05) is 64.4 Å². The Balaban J connectivity index is 1.26. The summed E-state index contributed by atoms with van der Waals surface area (Å²) in [5.41, 5.74) is 1.25. The molecule has 0 bridgehead atoms. The Kier molecular flexibility index (Phi) is 8.12. The molecule has 4 aliphatic rings. The lowest BCUT2D eigenvalue weighted by Gasteiger charge is -2.64. The molecule has 0 radical (unpaired) electrons. The van der Waals surface area contributed by atoms with Crippen molar-refractivity contribution in [2.24, 2.45) is 52.3 Å². The van der Waals surface area contributed by atoms with Crippen LogP contribution in [0, 0.1) is 52.3 Å². The van der Waals surface area contributed by atoms with Gasteiger partial charge in [0.1, 0.15) is 0 Å². The van der Waals surface area contributed by atoms with Crippen molar-refractivity contribution in [3.63, 3.8) is 0 Å². The van der Waals surface area contributed by atoms with Crippen LogP contribution in [0.25, 0.3) is 0 Å². The molecule has 4 fully saturated rings. The standard InChI is InChI=1S/C32H51NO4S/c1-5-24-28-19-23(34)13-16-32(28,4)27-14-17-31(3)25(11-12-26(31)29(27)30(24)35)21(2)15-18-33-38(36,37)20-22-9-7-6-8-10-22/h6-10,21,23-30,33-35H,5,11-20H2,1-4H3/t21-,23-,24-,25-,26+,27+,28+,29+,30-,31-,32-/m1/s1. The largest absolute Gasteiger partial charge is 0.393 e. The minimum absolute atomic E-state index is 0.0295. The zero-order valence-electron chi connectivity index (χ0n) is 24.0. The molecule has 1 aromatic carbocycles. The third-order valence-corrected chi connectivity index (χ3v) is 13.6. The predicted octanol–water partition coefficient (Wildman–Crippen LogP) is 5.76. The molecule has 3 N–H and O–H groups in total. The summed E-state index contributed by atoms with van der Waals surface area (Å²) in [5.74, 6) is 3.20. The highest BCUT2D eigenvalue weighted by Gasteiger charge is 2.64. The Morgan fingerprint density at radius 3 is 2.37 bits per heavy atom. The number of fused-ring (bicyclic) bond motifs is 5. The molecule has 6 heteroatoms. The number of hydrogen-bond acceptors (Lipinski definition) is 4. The summed E-state index contributed by atoms with van der Waals surface area (Å²) in [7, 11) is -3.35. The number of aliphatic hydroxyl groups is 2. The zero-order chi connectivity index (χ0) is 27.3. The van der Waals surface area contributed by atoms with Crippen LogP contribution in [0.5, 0.6) is 0 Å². The molecule has 11 atom stereocenters. The molecule has 0 amide bonds. The molecule has 1 aromatic rings. The van der Waals surface area contributed by atoms with Crippen molar-refractivity contribution in [3.8, 4) is 0 Å². The van der Waals surface area contributed by atoms with Crippen molar-refractivity contribution in [1.29, 1.82) is 0 Å². The van der Waals surface area contributed by atoms with E-state index >= 15 is 0 Å². The van der Waals surface area contributed by atoms with Crippen molar-refractivity contribution in [2.75, 3.05) is 6.54 Å². The van der Waals surface area contributed by atoms with E-state index in [9.17, 15) is 18.6 Å². The van der Waals surface area contributed by atoms with Gasteiger partial charge in [-0.25, -0.2) is 13.1 Å². The van der Waals surface area contributed by atoms with Crippen molar-refractivity contribution in [2.45, 2.75) is 103 Å². The van der Waals surface area contributed by atoms with Crippen molar-refractivity contribution in [1.82, 2.24) is 4.72 Å². The number of hydrogen-bond donors (Lipinski definition) is 3. The summed E-state index contributed by atoms with van der Waals surface area (Å²) in [6, 6.07) is 9.38. The number of aliphatic hydroxyl groups excluding tert-OH is 2. The fourth-order valence-corrected chi connectivity index (χ4v) is 11.6. The third-order valence-electron chi connectivity index (χ3n) is 12.3. The van der Waals surface area contributed by atoms with Gasteiger partial charge in [-0.2, -0.15) is 0 Å². The van der Waals surface area contributed by atoms with Crippen LogP contribution in [0.1, 0.15) is 91.0 Å². The first-order chi connectivity index (χ1) is 18.0. The average Bonchev–Trinajstić information content (AvgIpc) is 3.23. The molecule has 0 aromatic heterocycles. The second-order valence-electron chi connectivity index (χ2n) is 14.0. The maximum absolute atomic E-state index is 12.7. The molecule has 4 saturated carbocycles. The number of nitrogens with one attached hydrogen (secondary N) is 1. The Morgan fingerprint density at radius 1 is 0.974 bits per heavy atom. The van der Waals surface area contributed by atoms with Crippen LogP contribution in [0.2, 0.25) is 0 Å². The van der Waals surface area contributed by atoms with E-state index < -0.39 is 10.0 Å². The van der Waals surface area contributed by atoms with Gasteiger partial charge in [0, 0.05) is 6.54 Å². The van der Waals surface area contributed by atoms with Gasteiger partial charge in [-0.3, -0.25) is 0 Å². The van der Waals surface area contributed by atoms with E-state index in [1.54, 1.807) is 0 Å². The molecule has 0 aliphatic heterocycles. The third kappa shape index (κ3) is 5.01. The average molecular weight is 546 g/mol. The van der Waals surface area contributed by atoms with Gasteiger partial charge in [0.25, 0.3) is 0 Å². The fraction of sp³-hybridized carbons (Fsp3) is 0.812. The van der Waals surface area contributed by atoms with E-state index in [4.69, 9.17) is 0 Å².